The zero-order valence-electron chi connectivity index (χ0n) is 10.3. The predicted molar refractivity (Wildman–Crippen MR) is 67.0 cm³/mol. The van der Waals surface area contributed by atoms with Crippen LogP contribution in [0, 0.1) is 0 Å². The summed E-state index contributed by atoms with van der Waals surface area (Å²) in [6.07, 6.45) is 0.952. The summed E-state index contributed by atoms with van der Waals surface area (Å²) >= 11 is 1.52. The number of aryl methyl sites for hydroxylation is 1. The highest BCUT2D eigenvalue weighted by molar-refractivity contribution is 7.14. The zero-order chi connectivity index (χ0) is 12.3. The Morgan fingerprint density at radius 1 is 1.50 bits per heavy atom. The summed E-state index contributed by atoms with van der Waals surface area (Å²) in [5.41, 5.74) is -0.852. The van der Waals surface area contributed by atoms with Crippen molar-refractivity contribution < 1.29 is 9.90 Å². The predicted octanol–water partition coefficient (Wildman–Crippen LogP) is 2.15. The molecule has 0 radical (unpaired) electrons. The Bertz CT molecular complexity index is 365. The van der Waals surface area contributed by atoms with Crippen molar-refractivity contribution in [3.63, 3.8) is 0 Å². The first-order valence-corrected chi connectivity index (χ1v) is 6.21. The van der Waals surface area contributed by atoms with Crippen molar-refractivity contribution in [3.8, 4) is 0 Å². The van der Waals surface area contributed by atoms with E-state index in [0.717, 1.165) is 11.3 Å². The van der Waals surface area contributed by atoms with Crippen molar-refractivity contribution in [2.45, 2.75) is 32.8 Å². The third kappa shape index (κ3) is 3.61. The second-order valence-corrected chi connectivity index (χ2v) is 5.76. The van der Waals surface area contributed by atoms with Crippen molar-refractivity contribution in [1.29, 1.82) is 0 Å². The van der Waals surface area contributed by atoms with E-state index in [1.807, 2.05) is 12.1 Å². The van der Waals surface area contributed by atoms with Crippen LogP contribution in [0.3, 0.4) is 0 Å². The van der Waals surface area contributed by atoms with Gasteiger partial charge < -0.3 is 10.0 Å². The van der Waals surface area contributed by atoms with Gasteiger partial charge in [0.25, 0.3) is 5.91 Å². The van der Waals surface area contributed by atoms with Gasteiger partial charge in [-0.2, -0.15) is 0 Å². The van der Waals surface area contributed by atoms with Gasteiger partial charge in [0.1, 0.15) is 0 Å². The van der Waals surface area contributed by atoms with Crippen LogP contribution in [-0.4, -0.2) is 35.1 Å². The molecule has 0 saturated heterocycles. The Morgan fingerprint density at radius 3 is 2.56 bits per heavy atom. The van der Waals surface area contributed by atoms with E-state index in [9.17, 15) is 9.90 Å². The van der Waals surface area contributed by atoms with Gasteiger partial charge in [0.15, 0.2) is 0 Å². The largest absolute Gasteiger partial charge is 0.389 e. The van der Waals surface area contributed by atoms with Crippen LogP contribution in [-0.2, 0) is 6.42 Å². The minimum Gasteiger partial charge on any atom is -0.389 e. The van der Waals surface area contributed by atoms with E-state index in [0.29, 0.717) is 6.54 Å². The van der Waals surface area contributed by atoms with Gasteiger partial charge in [-0.3, -0.25) is 4.79 Å². The maximum atomic E-state index is 12.0. The van der Waals surface area contributed by atoms with E-state index in [2.05, 4.69) is 6.92 Å². The van der Waals surface area contributed by atoms with Crippen LogP contribution in [0.4, 0.5) is 0 Å². The molecule has 0 unspecified atom stereocenters. The summed E-state index contributed by atoms with van der Waals surface area (Å²) < 4.78 is 0. The number of hydrogen-bond acceptors (Lipinski definition) is 3. The van der Waals surface area contributed by atoms with Gasteiger partial charge in [-0.1, -0.05) is 6.92 Å². The zero-order valence-corrected chi connectivity index (χ0v) is 11.1. The van der Waals surface area contributed by atoms with Gasteiger partial charge in [0.05, 0.1) is 10.5 Å². The molecule has 0 aliphatic rings. The number of nitrogens with zero attached hydrogens (tertiary/aromatic N) is 1. The standard InChI is InChI=1S/C12H19NO2S/c1-5-9-6-7-10(16-9)11(14)13(4)8-12(2,3)15/h6-7,15H,5,8H2,1-4H3. The molecule has 1 heterocycles. The lowest BCUT2D eigenvalue weighted by molar-refractivity contribution is 0.0370. The highest BCUT2D eigenvalue weighted by atomic mass is 32.1. The molecule has 3 nitrogen and oxygen atoms in total. The van der Waals surface area contributed by atoms with E-state index in [1.165, 1.54) is 16.2 Å². The van der Waals surface area contributed by atoms with Crippen LogP contribution in [0.2, 0.25) is 0 Å². The molecule has 90 valence electrons. The molecule has 0 spiro atoms. The van der Waals surface area contributed by atoms with E-state index >= 15 is 0 Å². The summed E-state index contributed by atoms with van der Waals surface area (Å²) in [5.74, 6) is -0.0215. The molecule has 1 aromatic rings. The molecule has 16 heavy (non-hydrogen) atoms. The fourth-order valence-corrected chi connectivity index (χ4v) is 2.47. The third-order valence-corrected chi connectivity index (χ3v) is 3.41. The van der Waals surface area contributed by atoms with Crippen molar-refractivity contribution in [3.05, 3.63) is 21.9 Å². The molecule has 0 aromatic carbocycles. The summed E-state index contributed by atoms with van der Waals surface area (Å²) in [6, 6.07) is 3.84. The lowest BCUT2D eigenvalue weighted by Crippen LogP contribution is -2.39. The summed E-state index contributed by atoms with van der Waals surface area (Å²) in [7, 11) is 1.71. The Morgan fingerprint density at radius 2 is 2.12 bits per heavy atom. The second kappa shape index (κ2) is 4.97. The molecule has 0 saturated carbocycles. The first-order valence-electron chi connectivity index (χ1n) is 5.40. The van der Waals surface area contributed by atoms with Crippen LogP contribution in [0.1, 0.15) is 35.3 Å². The monoisotopic (exact) mass is 241 g/mol. The average molecular weight is 241 g/mol. The molecule has 0 aliphatic carbocycles. The lowest BCUT2D eigenvalue weighted by Gasteiger charge is -2.25. The molecule has 1 aromatic heterocycles. The summed E-state index contributed by atoms with van der Waals surface area (Å²) in [6.45, 7) is 5.80. The van der Waals surface area contributed by atoms with E-state index in [-0.39, 0.29) is 5.91 Å². The Hall–Kier alpha value is -0.870. The number of carbonyl (C=O) groups excluding carboxylic acids is 1. The van der Waals surface area contributed by atoms with Crippen LogP contribution in [0.25, 0.3) is 0 Å². The van der Waals surface area contributed by atoms with Crippen LogP contribution < -0.4 is 0 Å². The maximum Gasteiger partial charge on any atom is 0.263 e. The lowest BCUT2D eigenvalue weighted by atomic mass is 10.1. The molecule has 1 rings (SSSR count). The molecule has 0 aliphatic heterocycles. The normalized spacial score (nSPS) is 11.6. The number of carbonyl (C=O) groups is 1. The summed E-state index contributed by atoms with van der Waals surface area (Å²) in [4.78, 5) is 15.5. The smallest absolute Gasteiger partial charge is 0.263 e. The molecule has 4 heteroatoms. The van der Waals surface area contributed by atoms with E-state index in [4.69, 9.17) is 0 Å². The number of rotatable bonds is 4. The minimum atomic E-state index is -0.852. The highest BCUT2D eigenvalue weighted by Crippen LogP contribution is 2.19. The third-order valence-electron chi connectivity index (χ3n) is 2.19. The number of aliphatic hydroxyl groups is 1. The number of likely N-dealkylation sites (N-methyl/N-ethyl adjacent to an activating group) is 1. The van der Waals surface area contributed by atoms with Crippen LogP contribution >= 0.6 is 11.3 Å². The van der Waals surface area contributed by atoms with Gasteiger partial charge >= 0.3 is 0 Å². The number of thiophene rings is 1. The molecule has 0 atom stereocenters. The molecule has 1 amide bonds. The van der Waals surface area contributed by atoms with Crippen molar-refractivity contribution in [2.24, 2.45) is 0 Å². The molecule has 0 fully saturated rings. The fourth-order valence-electron chi connectivity index (χ4n) is 1.52. The molecular weight excluding hydrogens is 222 g/mol. The Labute approximate surface area is 101 Å². The Balaban J connectivity index is 2.70. The number of hydrogen-bond donors (Lipinski definition) is 1. The van der Waals surface area contributed by atoms with Crippen LogP contribution in [0.5, 0.6) is 0 Å². The molecule has 1 N–H and O–H groups in total. The second-order valence-electron chi connectivity index (χ2n) is 4.59. The quantitative estimate of drug-likeness (QED) is 0.877. The first kappa shape index (κ1) is 13.2. The van der Waals surface area contributed by atoms with Crippen molar-refractivity contribution in [2.75, 3.05) is 13.6 Å². The average Bonchev–Trinajstić information content (AvgIpc) is 2.61. The number of amides is 1. The van der Waals surface area contributed by atoms with E-state index < -0.39 is 5.60 Å². The van der Waals surface area contributed by atoms with Gasteiger partial charge in [-0.05, 0) is 32.4 Å². The van der Waals surface area contributed by atoms with Crippen molar-refractivity contribution in [1.82, 2.24) is 4.90 Å². The highest BCUT2D eigenvalue weighted by Gasteiger charge is 2.21. The van der Waals surface area contributed by atoms with Gasteiger partial charge in [0.2, 0.25) is 0 Å². The van der Waals surface area contributed by atoms with E-state index in [1.54, 1.807) is 25.8 Å². The minimum absolute atomic E-state index is 0.0215. The van der Waals surface area contributed by atoms with Gasteiger partial charge in [-0.25, -0.2) is 0 Å². The van der Waals surface area contributed by atoms with Gasteiger partial charge in [0, 0.05) is 18.5 Å². The SMILES string of the molecule is CCc1ccc(C(=O)N(C)CC(C)(C)O)s1. The fraction of sp³-hybridized carbons (Fsp3) is 0.583. The topological polar surface area (TPSA) is 40.5 Å². The van der Waals surface area contributed by atoms with Crippen molar-refractivity contribution >= 4 is 17.2 Å². The summed E-state index contributed by atoms with van der Waals surface area (Å²) in [5, 5.41) is 9.64. The Kier molecular flexibility index (Phi) is 4.10. The van der Waals surface area contributed by atoms with Crippen LogP contribution in [0.15, 0.2) is 12.1 Å². The maximum absolute atomic E-state index is 12.0. The van der Waals surface area contributed by atoms with Gasteiger partial charge in [-0.15, -0.1) is 11.3 Å². The molecule has 0 bridgehead atoms. The molecular formula is C12H19NO2S. The first-order chi connectivity index (χ1) is 7.33.